The molecule has 6 rings (SSSR count). The third-order valence-electron chi connectivity index (χ3n) is 6.75. The molecule has 0 aliphatic heterocycles. The van der Waals surface area contributed by atoms with Crippen molar-refractivity contribution in [2.75, 3.05) is 11.5 Å². The highest BCUT2D eigenvalue weighted by molar-refractivity contribution is 9.11. The lowest BCUT2D eigenvalue weighted by Crippen LogP contribution is -2.09. The summed E-state index contributed by atoms with van der Waals surface area (Å²) in [6.07, 6.45) is 6.21. The molecule has 0 saturated heterocycles. The van der Waals surface area contributed by atoms with Gasteiger partial charge in [-0.15, -0.1) is 0 Å². The van der Waals surface area contributed by atoms with Crippen molar-refractivity contribution >= 4 is 110 Å². The predicted molar refractivity (Wildman–Crippen MR) is 173 cm³/mol. The number of nitrogens with zero attached hydrogens (tertiary/aromatic N) is 2. The Morgan fingerprint density at radius 3 is 1.32 bits per heavy atom. The van der Waals surface area contributed by atoms with E-state index in [0.29, 0.717) is 52.9 Å². The number of benzene rings is 2. The molecule has 2 aromatic heterocycles. The first-order chi connectivity index (χ1) is 19.0. The standard InChI is InChI=1S/2C14H9Br2ClN2O/c2*15-8-3-7-2-1-6-4-9(17)12(18)11(16)10(6)14(20)13(7)19-5-8/h2*3-5H,1-2,18H2. The van der Waals surface area contributed by atoms with E-state index < -0.39 is 0 Å². The van der Waals surface area contributed by atoms with Crippen LogP contribution < -0.4 is 11.5 Å². The molecule has 4 aromatic rings. The fourth-order valence-electron chi connectivity index (χ4n) is 4.78. The Hall–Kier alpha value is -1.82. The maximum Gasteiger partial charge on any atom is 0.213 e. The van der Waals surface area contributed by atoms with Crippen molar-refractivity contribution in [2.45, 2.75) is 25.7 Å². The summed E-state index contributed by atoms with van der Waals surface area (Å²) in [6.45, 7) is 0. The van der Waals surface area contributed by atoms with Crippen LogP contribution in [0.15, 0.2) is 54.6 Å². The van der Waals surface area contributed by atoms with Crippen molar-refractivity contribution < 1.29 is 9.59 Å². The summed E-state index contributed by atoms with van der Waals surface area (Å²) in [4.78, 5) is 34.0. The number of aryl methyl sites for hydroxylation is 4. The summed E-state index contributed by atoms with van der Waals surface area (Å²) < 4.78 is 2.85. The molecule has 2 aliphatic rings. The van der Waals surface area contributed by atoms with Gasteiger partial charge in [-0.3, -0.25) is 19.6 Å². The van der Waals surface area contributed by atoms with E-state index in [0.717, 1.165) is 56.9 Å². The molecule has 6 nitrogen and oxygen atoms in total. The smallest absolute Gasteiger partial charge is 0.213 e. The van der Waals surface area contributed by atoms with E-state index in [4.69, 9.17) is 34.7 Å². The normalized spacial score (nSPS) is 13.7. The fourth-order valence-corrected chi connectivity index (χ4v) is 7.51. The van der Waals surface area contributed by atoms with Crippen LogP contribution in [0.1, 0.15) is 54.4 Å². The highest BCUT2D eigenvalue weighted by atomic mass is 79.9. The Labute approximate surface area is 273 Å². The van der Waals surface area contributed by atoms with Gasteiger partial charge in [0.05, 0.1) is 30.4 Å². The molecular weight excluding hydrogens is 815 g/mol. The second-order valence-electron chi connectivity index (χ2n) is 9.22. The van der Waals surface area contributed by atoms with Gasteiger partial charge >= 0.3 is 0 Å². The van der Waals surface area contributed by atoms with Gasteiger partial charge in [0.25, 0.3) is 0 Å². The number of rotatable bonds is 0. The summed E-state index contributed by atoms with van der Waals surface area (Å²) in [5, 5.41) is 0.923. The van der Waals surface area contributed by atoms with Gasteiger partial charge in [0, 0.05) is 32.5 Å². The average Bonchev–Trinajstić information content (AvgIpc) is 3.13. The Morgan fingerprint density at radius 2 is 0.950 bits per heavy atom. The highest BCUT2D eigenvalue weighted by Gasteiger charge is 2.28. The van der Waals surface area contributed by atoms with Crippen LogP contribution in [-0.4, -0.2) is 21.5 Å². The second-order valence-corrected chi connectivity index (χ2v) is 13.5. The van der Waals surface area contributed by atoms with Crippen LogP contribution in [0.25, 0.3) is 0 Å². The SMILES string of the molecule is Nc1c(Cl)cc2c(c1Br)C(=O)c1ncc(Br)cc1CC2.Nc1c(Cl)cc2c(c1Br)C(=O)c1ncc(Br)cc1CC2. The first-order valence-electron chi connectivity index (χ1n) is 11.9. The molecule has 2 heterocycles. The fraction of sp³-hybridized carbons (Fsp3) is 0.143. The predicted octanol–water partition coefficient (Wildman–Crippen LogP) is 8.34. The first kappa shape index (κ1) is 29.7. The van der Waals surface area contributed by atoms with Crippen molar-refractivity contribution in [3.63, 3.8) is 0 Å². The molecule has 4 N–H and O–H groups in total. The molecule has 12 heteroatoms. The van der Waals surface area contributed by atoms with E-state index in [1.165, 1.54) is 0 Å². The van der Waals surface area contributed by atoms with E-state index >= 15 is 0 Å². The Balaban J connectivity index is 0.000000161. The first-order valence-corrected chi connectivity index (χ1v) is 15.8. The number of ketones is 2. The van der Waals surface area contributed by atoms with Gasteiger partial charge in [-0.05, 0) is 136 Å². The lowest BCUT2D eigenvalue weighted by atomic mass is 10.0. The van der Waals surface area contributed by atoms with Crippen LogP contribution in [0.2, 0.25) is 10.0 Å². The largest absolute Gasteiger partial charge is 0.397 e. The van der Waals surface area contributed by atoms with Crippen molar-refractivity contribution in [3.05, 3.63) is 109 Å². The van der Waals surface area contributed by atoms with Crippen molar-refractivity contribution in [3.8, 4) is 0 Å². The number of pyridine rings is 2. The number of hydrogen-bond donors (Lipinski definition) is 2. The van der Waals surface area contributed by atoms with Crippen LogP contribution in [0, 0.1) is 0 Å². The van der Waals surface area contributed by atoms with Crippen LogP contribution in [-0.2, 0) is 25.7 Å². The molecule has 0 atom stereocenters. The van der Waals surface area contributed by atoms with Gasteiger partial charge in [-0.2, -0.15) is 0 Å². The zero-order valence-corrected chi connectivity index (χ0v) is 28.3. The summed E-state index contributed by atoms with van der Waals surface area (Å²) >= 11 is 25.7. The molecule has 0 spiro atoms. The van der Waals surface area contributed by atoms with Gasteiger partial charge in [0.1, 0.15) is 11.4 Å². The minimum atomic E-state index is -0.116. The van der Waals surface area contributed by atoms with Gasteiger partial charge in [-0.1, -0.05) is 23.2 Å². The van der Waals surface area contributed by atoms with Crippen LogP contribution in [0.3, 0.4) is 0 Å². The van der Waals surface area contributed by atoms with Crippen LogP contribution in [0.4, 0.5) is 11.4 Å². The van der Waals surface area contributed by atoms with Gasteiger partial charge < -0.3 is 11.5 Å². The van der Waals surface area contributed by atoms with Gasteiger partial charge in [0.15, 0.2) is 0 Å². The zero-order valence-electron chi connectivity index (χ0n) is 20.4. The number of carbonyl (C=O) groups is 2. The molecule has 204 valence electrons. The highest BCUT2D eigenvalue weighted by Crippen LogP contribution is 2.39. The van der Waals surface area contributed by atoms with E-state index in [1.807, 2.05) is 12.1 Å². The summed E-state index contributed by atoms with van der Waals surface area (Å²) in [7, 11) is 0. The lowest BCUT2D eigenvalue weighted by Gasteiger charge is -2.11. The van der Waals surface area contributed by atoms with E-state index in [1.54, 1.807) is 24.5 Å². The molecule has 0 unspecified atom stereocenters. The number of nitrogen functional groups attached to an aromatic ring is 2. The van der Waals surface area contributed by atoms with Gasteiger partial charge in [-0.25, -0.2) is 0 Å². The number of anilines is 2. The molecule has 0 fully saturated rings. The number of fused-ring (bicyclic) bond motifs is 4. The van der Waals surface area contributed by atoms with Crippen LogP contribution >= 0.6 is 86.9 Å². The summed E-state index contributed by atoms with van der Waals surface area (Å²) in [5.41, 5.74) is 18.3. The Kier molecular flexibility index (Phi) is 8.76. The van der Waals surface area contributed by atoms with Crippen molar-refractivity contribution in [1.82, 2.24) is 9.97 Å². The molecule has 0 amide bonds. The van der Waals surface area contributed by atoms with Crippen molar-refractivity contribution in [2.24, 2.45) is 0 Å². The van der Waals surface area contributed by atoms with E-state index in [-0.39, 0.29) is 11.6 Å². The number of nitrogens with two attached hydrogens (primary N) is 2. The topological polar surface area (TPSA) is 112 Å². The molecular formula is C28H18Br4Cl2N4O2. The number of hydrogen-bond acceptors (Lipinski definition) is 6. The third kappa shape index (κ3) is 5.51. The zero-order chi connectivity index (χ0) is 28.9. The van der Waals surface area contributed by atoms with E-state index in [2.05, 4.69) is 73.7 Å². The lowest BCUT2D eigenvalue weighted by molar-refractivity contribution is 0.102. The summed E-state index contributed by atoms with van der Waals surface area (Å²) in [6, 6.07) is 7.42. The second kappa shape index (κ2) is 11.8. The number of aromatic nitrogens is 2. The summed E-state index contributed by atoms with van der Waals surface area (Å²) in [5.74, 6) is -0.231. The van der Waals surface area contributed by atoms with Gasteiger partial charge in [0.2, 0.25) is 11.6 Å². The Morgan fingerprint density at radius 1 is 0.600 bits per heavy atom. The maximum absolute atomic E-state index is 12.7. The van der Waals surface area contributed by atoms with Crippen LogP contribution in [0.5, 0.6) is 0 Å². The molecule has 40 heavy (non-hydrogen) atoms. The van der Waals surface area contributed by atoms with Crippen molar-refractivity contribution in [1.29, 1.82) is 0 Å². The molecule has 0 saturated carbocycles. The minimum absolute atomic E-state index is 0.116. The maximum atomic E-state index is 12.7. The molecule has 0 radical (unpaired) electrons. The average molecular weight is 833 g/mol. The molecule has 0 bridgehead atoms. The van der Waals surface area contributed by atoms with E-state index in [9.17, 15) is 9.59 Å². The third-order valence-corrected chi connectivity index (χ3v) is 9.89. The Bertz CT molecular complexity index is 1620. The quantitative estimate of drug-likeness (QED) is 0.173. The molecule has 2 aromatic carbocycles. The number of carbonyl (C=O) groups excluding carboxylic acids is 2. The molecule has 2 aliphatic carbocycles. The minimum Gasteiger partial charge on any atom is -0.397 e. The number of halogens is 6. The monoisotopic (exact) mass is 828 g/mol.